The van der Waals surface area contributed by atoms with E-state index in [1.54, 1.807) is 12.3 Å². The first-order valence-corrected chi connectivity index (χ1v) is 7.92. The van der Waals surface area contributed by atoms with Crippen LogP contribution in [0.1, 0.15) is 36.8 Å². The number of pyridine rings is 1. The van der Waals surface area contributed by atoms with Gasteiger partial charge in [-0.05, 0) is 42.4 Å². The van der Waals surface area contributed by atoms with Crippen LogP contribution in [0, 0.1) is 5.82 Å². The highest BCUT2D eigenvalue weighted by Crippen LogP contribution is 2.28. The zero-order chi connectivity index (χ0) is 15.4. The lowest BCUT2D eigenvalue weighted by Gasteiger charge is -2.18. The molecule has 0 saturated carbocycles. The second-order valence-electron chi connectivity index (χ2n) is 4.82. The summed E-state index contributed by atoms with van der Waals surface area (Å²) in [5.41, 5.74) is 2.75. The molecule has 1 unspecified atom stereocenters. The highest BCUT2D eigenvalue weighted by molar-refractivity contribution is 9.10. The smallest absolute Gasteiger partial charge is 0.146 e. The lowest BCUT2D eigenvalue weighted by Crippen LogP contribution is -2.22. The molecule has 0 aliphatic heterocycles. The standard InChI is InChI=1S/C15H20BrFN4/c1-4-12-15(16)14(21(5-2)20-12)8-13(18-3)10-6-7-19-9-11(10)17/h6-7,9,13,18H,4-5,8H2,1-3H3. The molecule has 114 valence electrons. The van der Waals surface area contributed by atoms with Crippen molar-refractivity contribution in [1.29, 1.82) is 0 Å². The van der Waals surface area contributed by atoms with Crippen molar-refractivity contribution < 1.29 is 4.39 Å². The number of halogens is 2. The van der Waals surface area contributed by atoms with E-state index in [2.05, 4.69) is 45.2 Å². The van der Waals surface area contributed by atoms with E-state index < -0.39 is 0 Å². The zero-order valence-electron chi connectivity index (χ0n) is 12.5. The van der Waals surface area contributed by atoms with E-state index in [-0.39, 0.29) is 11.9 Å². The van der Waals surface area contributed by atoms with Crippen LogP contribution in [-0.4, -0.2) is 21.8 Å². The van der Waals surface area contributed by atoms with Gasteiger partial charge in [-0.1, -0.05) is 6.92 Å². The Hall–Kier alpha value is -1.27. The third-order valence-electron chi connectivity index (χ3n) is 3.62. The van der Waals surface area contributed by atoms with Crippen LogP contribution in [0.2, 0.25) is 0 Å². The number of nitrogens with zero attached hydrogens (tertiary/aromatic N) is 3. The normalized spacial score (nSPS) is 12.6. The maximum absolute atomic E-state index is 13.9. The Morgan fingerprint density at radius 1 is 1.43 bits per heavy atom. The van der Waals surface area contributed by atoms with Crippen molar-refractivity contribution in [1.82, 2.24) is 20.1 Å². The summed E-state index contributed by atoms with van der Waals surface area (Å²) in [5.74, 6) is -0.286. The van der Waals surface area contributed by atoms with Gasteiger partial charge in [-0.2, -0.15) is 5.10 Å². The van der Waals surface area contributed by atoms with Gasteiger partial charge in [0.1, 0.15) is 5.82 Å². The Balaban J connectivity index is 2.35. The maximum atomic E-state index is 13.9. The monoisotopic (exact) mass is 354 g/mol. The highest BCUT2D eigenvalue weighted by Gasteiger charge is 2.20. The lowest BCUT2D eigenvalue weighted by atomic mass is 10.0. The number of aromatic nitrogens is 3. The molecule has 1 N–H and O–H groups in total. The lowest BCUT2D eigenvalue weighted by molar-refractivity contribution is 0.507. The molecule has 0 fully saturated rings. The minimum Gasteiger partial charge on any atom is -0.313 e. The molecule has 0 aromatic carbocycles. The summed E-state index contributed by atoms with van der Waals surface area (Å²) >= 11 is 3.63. The molecule has 0 aliphatic rings. The predicted octanol–water partition coefficient (Wildman–Crippen LogP) is 3.27. The summed E-state index contributed by atoms with van der Waals surface area (Å²) in [5, 5.41) is 7.77. The molecule has 21 heavy (non-hydrogen) atoms. The van der Waals surface area contributed by atoms with Gasteiger partial charge in [0.2, 0.25) is 0 Å². The first kappa shape index (κ1) is 16.1. The van der Waals surface area contributed by atoms with Gasteiger partial charge < -0.3 is 5.32 Å². The Morgan fingerprint density at radius 3 is 2.76 bits per heavy atom. The fraction of sp³-hybridized carbons (Fsp3) is 0.467. The number of rotatable bonds is 6. The minimum absolute atomic E-state index is 0.115. The average Bonchev–Trinajstić information content (AvgIpc) is 2.81. The topological polar surface area (TPSA) is 42.7 Å². The first-order valence-electron chi connectivity index (χ1n) is 7.13. The average molecular weight is 355 g/mol. The maximum Gasteiger partial charge on any atom is 0.146 e. The molecule has 2 rings (SSSR count). The van der Waals surface area contributed by atoms with Crippen LogP contribution < -0.4 is 5.32 Å². The van der Waals surface area contributed by atoms with Gasteiger partial charge in [0, 0.05) is 30.8 Å². The summed E-state index contributed by atoms with van der Waals surface area (Å²) in [6.45, 7) is 4.93. The highest BCUT2D eigenvalue weighted by atomic mass is 79.9. The minimum atomic E-state index is -0.286. The number of likely N-dealkylation sites (N-methyl/N-ethyl adjacent to an activating group) is 1. The van der Waals surface area contributed by atoms with Crippen LogP contribution in [0.3, 0.4) is 0 Å². The molecule has 4 nitrogen and oxygen atoms in total. The van der Waals surface area contributed by atoms with Crippen LogP contribution >= 0.6 is 15.9 Å². The van der Waals surface area contributed by atoms with Crippen LogP contribution in [0.5, 0.6) is 0 Å². The van der Waals surface area contributed by atoms with Gasteiger partial charge >= 0.3 is 0 Å². The molecular weight excluding hydrogens is 335 g/mol. The van der Waals surface area contributed by atoms with Crippen molar-refractivity contribution in [2.75, 3.05) is 7.05 Å². The summed E-state index contributed by atoms with van der Waals surface area (Å²) in [7, 11) is 1.84. The van der Waals surface area contributed by atoms with E-state index >= 15 is 0 Å². The Bertz CT molecular complexity index is 612. The first-order chi connectivity index (χ1) is 10.1. The van der Waals surface area contributed by atoms with Crippen molar-refractivity contribution in [2.24, 2.45) is 0 Å². The fourth-order valence-corrected chi connectivity index (χ4v) is 3.17. The molecule has 2 aromatic heterocycles. The van der Waals surface area contributed by atoms with Gasteiger partial charge in [0.05, 0.1) is 22.1 Å². The summed E-state index contributed by atoms with van der Waals surface area (Å²) < 4.78 is 17.0. The number of nitrogens with one attached hydrogen (secondary N) is 1. The molecule has 1 atom stereocenters. The molecule has 0 aliphatic carbocycles. The molecule has 6 heteroatoms. The van der Waals surface area contributed by atoms with Crippen molar-refractivity contribution in [3.05, 3.63) is 45.7 Å². The summed E-state index contributed by atoms with van der Waals surface area (Å²) in [6, 6.07) is 1.61. The summed E-state index contributed by atoms with van der Waals surface area (Å²) in [4.78, 5) is 3.81. The van der Waals surface area contributed by atoms with Crippen molar-refractivity contribution in [3.63, 3.8) is 0 Å². The van der Waals surface area contributed by atoms with E-state index in [0.717, 1.165) is 28.8 Å². The van der Waals surface area contributed by atoms with Crippen LogP contribution in [0.4, 0.5) is 4.39 Å². The Kier molecular flexibility index (Phi) is 5.47. The zero-order valence-corrected chi connectivity index (χ0v) is 14.1. The van der Waals surface area contributed by atoms with E-state index in [0.29, 0.717) is 12.0 Å². The second-order valence-corrected chi connectivity index (χ2v) is 5.61. The number of hydrogen-bond acceptors (Lipinski definition) is 3. The Labute approximate surface area is 132 Å². The molecule has 0 saturated heterocycles. The molecule has 0 radical (unpaired) electrons. The quantitative estimate of drug-likeness (QED) is 0.865. The SMILES string of the molecule is CCc1nn(CC)c(CC(NC)c2ccncc2F)c1Br. The molecular formula is C15H20BrFN4. The number of aryl methyl sites for hydroxylation is 2. The van der Waals surface area contributed by atoms with Crippen LogP contribution in [0.15, 0.2) is 22.9 Å². The fourth-order valence-electron chi connectivity index (χ4n) is 2.44. The predicted molar refractivity (Wildman–Crippen MR) is 84.7 cm³/mol. The largest absolute Gasteiger partial charge is 0.313 e. The third kappa shape index (κ3) is 3.32. The van der Waals surface area contributed by atoms with Gasteiger partial charge in [-0.15, -0.1) is 0 Å². The van der Waals surface area contributed by atoms with E-state index in [9.17, 15) is 4.39 Å². The number of hydrogen-bond donors (Lipinski definition) is 1. The molecule has 2 aromatic rings. The van der Waals surface area contributed by atoms with E-state index in [1.807, 2.05) is 11.7 Å². The molecule has 0 bridgehead atoms. The molecule has 0 amide bonds. The van der Waals surface area contributed by atoms with Crippen molar-refractivity contribution in [2.45, 2.75) is 39.3 Å². The van der Waals surface area contributed by atoms with Crippen LogP contribution in [0.25, 0.3) is 0 Å². The van der Waals surface area contributed by atoms with E-state index in [4.69, 9.17) is 0 Å². The van der Waals surface area contributed by atoms with Crippen molar-refractivity contribution >= 4 is 15.9 Å². The van der Waals surface area contributed by atoms with Gasteiger partial charge in [-0.25, -0.2) is 4.39 Å². The summed E-state index contributed by atoms with van der Waals surface area (Å²) in [6.07, 6.45) is 4.41. The van der Waals surface area contributed by atoms with Gasteiger partial charge in [0.15, 0.2) is 0 Å². The van der Waals surface area contributed by atoms with E-state index in [1.165, 1.54) is 6.20 Å². The molecule has 0 spiro atoms. The van der Waals surface area contributed by atoms with Crippen molar-refractivity contribution in [3.8, 4) is 0 Å². The van der Waals surface area contributed by atoms with Gasteiger partial charge in [0.25, 0.3) is 0 Å². The van der Waals surface area contributed by atoms with Crippen LogP contribution in [-0.2, 0) is 19.4 Å². The third-order valence-corrected chi connectivity index (χ3v) is 4.53. The second kappa shape index (κ2) is 7.13. The molecule has 2 heterocycles. The van der Waals surface area contributed by atoms with Gasteiger partial charge in [-0.3, -0.25) is 9.67 Å². The Morgan fingerprint density at radius 2 is 2.19 bits per heavy atom.